The van der Waals surface area contributed by atoms with Gasteiger partial charge in [0.1, 0.15) is 11.5 Å². The van der Waals surface area contributed by atoms with Crippen LogP contribution in [0.1, 0.15) is 42.9 Å². The summed E-state index contributed by atoms with van der Waals surface area (Å²) in [5.74, 6) is 2.10. The Morgan fingerprint density at radius 2 is 1.86 bits per heavy atom. The van der Waals surface area contributed by atoms with Crippen LogP contribution in [0.5, 0.6) is 0 Å². The summed E-state index contributed by atoms with van der Waals surface area (Å²) < 4.78 is 5.57. The Balaban J connectivity index is 2.67. The Bertz CT molecular complexity index is 302. The fourth-order valence-electron chi connectivity index (χ4n) is 1.52. The van der Waals surface area contributed by atoms with Crippen LogP contribution < -0.4 is 5.32 Å². The van der Waals surface area contributed by atoms with Gasteiger partial charge in [0.2, 0.25) is 0 Å². The van der Waals surface area contributed by atoms with E-state index < -0.39 is 0 Å². The van der Waals surface area contributed by atoms with Gasteiger partial charge in [-0.25, -0.2) is 0 Å². The third-order valence-electron chi connectivity index (χ3n) is 2.95. The van der Waals surface area contributed by atoms with Crippen LogP contribution in [0.2, 0.25) is 0 Å². The van der Waals surface area contributed by atoms with E-state index in [-0.39, 0.29) is 0 Å². The molecule has 0 bridgehead atoms. The lowest BCUT2D eigenvalue weighted by molar-refractivity contribution is 0.491. The van der Waals surface area contributed by atoms with Crippen molar-refractivity contribution in [2.75, 3.05) is 0 Å². The highest BCUT2D eigenvalue weighted by molar-refractivity contribution is 5.31. The summed E-state index contributed by atoms with van der Waals surface area (Å²) in [5.41, 5.74) is 2.61. The summed E-state index contributed by atoms with van der Waals surface area (Å²) in [5, 5.41) is 3.48. The summed E-state index contributed by atoms with van der Waals surface area (Å²) >= 11 is 0. The van der Waals surface area contributed by atoms with Crippen molar-refractivity contribution in [2.45, 2.75) is 53.6 Å². The summed E-state index contributed by atoms with van der Waals surface area (Å²) in [7, 11) is 0. The molecule has 0 fully saturated rings. The predicted octanol–water partition coefficient (Wildman–Crippen LogP) is 3.09. The van der Waals surface area contributed by atoms with E-state index in [0.29, 0.717) is 6.04 Å². The van der Waals surface area contributed by atoms with Gasteiger partial charge in [-0.05, 0) is 39.7 Å². The molecule has 2 nitrogen and oxygen atoms in total. The van der Waals surface area contributed by atoms with E-state index in [4.69, 9.17) is 4.42 Å². The molecule has 1 aromatic rings. The summed E-state index contributed by atoms with van der Waals surface area (Å²) in [6.07, 6.45) is 1.16. The SMILES string of the molecule is CCC(C)NCc1c(C)oc(C)c1C. The topological polar surface area (TPSA) is 25.2 Å². The molecule has 80 valence electrons. The van der Waals surface area contributed by atoms with Crippen molar-refractivity contribution in [2.24, 2.45) is 0 Å². The van der Waals surface area contributed by atoms with E-state index in [2.05, 4.69) is 26.1 Å². The maximum absolute atomic E-state index is 5.57. The van der Waals surface area contributed by atoms with Crippen LogP contribution in [0.4, 0.5) is 0 Å². The zero-order valence-corrected chi connectivity index (χ0v) is 9.90. The Kier molecular flexibility index (Phi) is 3.76. The van der Waals surface area contributed by atoms with Crippen molar-refractivity contribution >= 4 is 0 Å². The maximum atomic E-state index is 5.57. The highest BCUT2D eigenvalue weighted by Crippen LogP contribution is 2.20. The van der Waals surface area contributed by atoms with Crippen LogP contribution in [0, 0.1) is 20.8 Å². The second-order valence-electron chi connectivity index (χ2n) is 4.01. The van der Waals surface area contributed by atoms with Gasteiger partial charge in [0.05, 0.1) is 0 Å². The van der Waals surface area contributed by atoms with Gasteiger partial charge in [-0.15, -0.1) is 0 Å². The van der Waals surface area contributed by atoms with Crippen LogP contribution in [-0.2, 0) is 6.54 Å². The average Bonchev–Trinajstić information content (AvgIpc) is 2.39. The second-order valence-corrected chi connectivity index (χ2v) is 4.01. The minimum absolute atomic E-state index is 0.573. The summed E-state index contributed by atoms with van der Waals surface area (Å²) in [4.78, 5) is 0. The number of hydrogen-bond donors (Lipinski definition) is 1. The molecule has 0 aromatic carbocycles. The minimum Gasteiger partial charge on any atom is -0.466 e. The smallest absolute Gasteiger partial charge is 0.105 e. The van der Waals surface area contributed by atoms with Crippen LogP contribution in [-0.4, -0.2) is 6.04 Å². The Labute approximate surface area is 86.7 Å². The standard InChI is InChI=1S/C12H21NO/c1-6-8(2)13-7-12-9(3)10(4)14-11(12)5/h8,13H,6-7H2,1-5H3. The Hall–Kier alpha value is -0.760. The molecule has 1 heterocycles. The van der Waals surface area contributed by atoms with Gasteiger partial charge in [0, 0.05) is 18.2 Å². The van der Waals surface area contributed by atoms with Crippen molar-refractivity contribution in [1.82, 2.24) is 5.32 Å². The normalized spacial score (nSPS) is 13.2. The third-order valence-corrected chi connectivity index (χ3v) is 2.95. The number of furan rings is 1. The molecule has 0 aliphatic rings. The highest BCUT2D eigenvalue weighted by atomic mass is 16.3. The molecular weight excluding hydrogens is 174 g/mol. The summed E-state index contributed by atoms with van der Waals surface area (Å²) in [6, 6.07) is 0.573. The molecule has 0 aliphatic carbocycles. The molecule has 1 rings (SSSR count). The fourth-order valence-corrected chi connectivity index (χ4v) is 1.52. The lowest BCUT2D eigenvalue weighted by Gasteiger charge is -2.10. The molecule has 2 heteroatoms. The molecule has 0 saturated heterocycles. The first kappa shape index (κ1) is 11.3. The molecule has 0 aliphatic heterocycles. The van der Waals surface area contributed by atoms with Crippen molar-refractivity contribution in [3.05, 3.63) is 22.6 Å². The molecular formula is C12H21NO. The van der Waals surface area contributed by atoms with Crippen molar-refractivity contribution in [1.29, 1.82) is 0 Å². The average molecular weight is 195 g/mol. The van der Waals surface area contributed by atoms with E-state index in [0.717, 1.165) is 24.5 Å². The largest absolute Gasteiger partial charge is 0.466 e. The minimum atomic E-state index is 0.573. The Morgan fingerprint density at radius 3 is 2.29 bits per heavy atom. The first-order chi connectivity index (χ1) is 6.56. The van der Waals surface area contributed by atoms with Gasteiger partial charge in [-0.2, -0.15) is 0 Å². The monoisotopic (exact) mass is 195 g/mol. The van der Waals surface area contributed by atoms with Crippen molar-refractivity contribution in [3.63, 3.8) is 0 Å². The molecule has 14 heavy (non-hydrogen) atoms. The van der Waals surface area contributed by atoms with E-state index in [1.807, 2.05) is 13.8 Å². The molecule has 1 atom stereocenters. The van der Waals surface area contributed by atoms with Crippen molar-refractivity contribution in [3.8, 4) is 0 Å². The van der Waals surface area contributed by atoms with Crippen LogP contribution in [0.3, 0.4) is 0 Å². The molecule has 1 unspecified atom stereocenters. The molecule has 0 saturated carbocycles. The van der Waals surface area contributed by atoms with Crippen LogP contribution in [0.15, 0.2) is 4.42 Å². The van der Waals surface area contributed by atoms with Gasteiger partial charge in [0.25, 0.3) is 0 Å². The van der Waals surface area contributed by atoms with Crippen LogP contribution >= 0.6 is 0 Å². The third kappa shape index (κ3) is 2.38. The van der Waals surface area contributed by atoms with Crippen molar-refractivity contribution < 1.29 is 4.42 Å². The van der Waals surface area contributed by atoms with E-state index >= 15 is 0 Å². The van der Waals surface area contributed by atoms with E-state index in [9.17, 15) is 0 Å². The highest BCUT2D eigenvalue weighted by Gasteiger charge is 2.10. The maximum Gasteiger partial charge on any atom is 0.105 e. The number of rotatable bonds is 4. The van der Waals surface area contributed by atoms with E-state index in [1.165, 1.54) is 11.1 Å². The molecule has 1 N–H and O–H groups in total. The number of aryl methyl sites for hydroxylation is 2. The molecule has 0 radical (unpaired) electrons. The zero-order chi connectivity index (χ0) is 10.7. The lowest BCUT2D eigenvalue weighted by atomic mass is 10.1. The van der Waals surface area contributed by atoms with Gasteiger partial charge < -0.3 is 9.73 Å². The number of nitrogens with one attached hydrogen (secondary N) is 1. The number of hydrogen-bond acceptors (Lipinski definition) is 2. The molecule has 0 amide bonds. The predicted molar refractivity (Wildman–Crippen MR) is 59.5 cm³/mol. The molecule has 0 spiro atoms. The summed E-state index contributed by atoms with van der Waals surface area (Å²) in [6.45, 7) is 11.5. The lowest BCUT2D eigenvalue weighted by Crippen LogP contribution is -2.24. The fraction of sp³-hybridized carbons (Fsp3) is 0.667. The second kappa shape index (κ2) is 4.65. The van der Waals surface area contributed by atoms with Gasteiger partial charge in [-0.1, -0.05) is 6.92 Å². The van der Waals surface area contributed by atoms with Gasteiger partial charge in [0.15, 0.2) is 0 Å². The first-order valence-electron chi connectivity index (χ1n) is 5.35. The van der Waals surface area contributed by atoms with Gasteiger partial charge in [-0.3, -0.25) is 0 Å². The first-order valence-corrected chi connectivity index (χ1v) is 5.35. The molecule has 1 aromatic heterocycles. The van der Waals surface area contributed by atoms with Gasteiger partial charge >= 0.3 is 0 Å². The Morgan fingerprint density at radius 1 is 1.21 bits per heavy atom. The zero-order valence-electron chi connectivity index (χ0n) is 9.90. The quantitative estimate of drug-likeness (QED) is 0.798. The van der Waals surface area contributed by atoms with Crippen LogP contribution in [0.25, 0.3) is 0 Å². The van der Waals surface area contributed by atoms with E-state index in [1.54, 1.807) is 0 Å².